The van der Waals surface area contributed by atoms with Crippen molar-refractivity contribution in [2.75, 3.05) is 19.8 Å². The maximum atomic E-state index is 13.3. The molecule has 0 spiro atoms. The minimum Gasteiger partial charge on any atom is -0.478 e. The van der Waals surface area contributed by atoms with Crippen LogP contribution in [0.5, 0.6) is 0 Å². The number of carboxylic acid groups (broad SMARTS) is 1. The molecule has 2 rings (SSSR count). The van der Waals surface area contributed by atoms with Gasteiger partial charge in [0.2, 0.25) is 5.91 Å². The first-order valence-electron chi connectivity index (χ1n) is 10.8. The molecule has 1 aromatic carbocycles. The van der Waals surface area contributed by atoms with Gasteiger partial charge in [0.05, 0.1) is 13.2 Å². The van der Waals surface area contributed by atoms with E-state index in [1.54, 1.807) is 37.3 Å². The molecule has 1 aliphatic rings. The van der Waals surface area contributed by atoms with Gasteiger partial charge in [0, 0.05) is 12.7 Å². The van der Waals surface area contributed by atoms with Gasteiger partial charge >= 0.3 is 18.1 Å². The van der Waals surface area contributed by atoms with Crippen LogP contribution in [0.4, 0.5) is 9.59 Å². The molecule has 11 heteroatoms. The summed E-state index contributed by atoms with van der Waals surface area (Å²) in [4.78, 5) is 59.8. The SMILES string of the molecule is C=CC(=O)O.CCCCOCC(CN1C(=O)NC(=O)C(CC)(c2ccccc2)C1=O)OC(N)=O. The fourth-order valence-electron chi connectivity index (χ4n) is 3.30. The Kier molecular flexibility index (Phi) is 11.4. The van der Waals surface area contributed by atoms with Crippen molar-refractivity contribution in [2.45, 2.75) is 44.6 Å². The van der Waals surface area contributed by atoms with E-state index in [0.717, 1.165) is 23.8 Å². The van der Waals surface area contributed by atoms with E-state index in [0.29, 0.717) is 12.2 Å². The van der Waals surface area contributed by atoms with E-state index in [2.05, 4.69) is 11.9 Å². The highest BCUT2D eigenvalue weighted by Crippen LogP contribution is 2.33. The van der Waals surface area contributed by atoms with Crippen LogP contribution < -0.4 is 11.1 Å². The monoisotopic (exact) mass is 477 g/mol. The third-order valence-electron chi connectivity index (χ3n) is 5.05. The number of carboxylic acids is 1. The molecule has 1 fully saturated rings. The molecular weight excluding hydrogens is 446 g/mol. The number of nitrogens with two attached hydrogens (primary N) is 1. The van der Waals surface area contributed by atoms with Gasteiger partial charge in [-0.05, 0) is 18.4 Å². The second-order valence-electron chi connectivity index (χ2n) is 7.33. The lowest BCUT2D eigenvalue weighted by molar-refractivity contribution is -0.147. The summed E-state index contributed by atoms with van der Waals surface area (Å²) in [6, 6.07) is 7.67. The maximum Gasteiger partial charge on any atom is 0.404 e. The summed E-state index contributed by atoms with van der Waals surface area (Å²) in [5, 5.41) is 9.85. The normalized spacial score (nSPS) is 18.3. The lowest BCUT2D eigenvalue weighted by Crippen LogP contribution is -2.67. The van der Waals surface area contributed by atoms with Crippen molar-refractivity contribution in [1.29, 1.82) is 0 Å². The third kappa shape index (κ3) is 7.41. The first-order chi connectivity index (χ1) is 16.1. The number of aliphatic carboxylic acids is 1. The van der Waals surface area contributed by atoms with Crippen LogP contribution in [0.15, 0.2) is 43.0 Å². The van der Waals surface area contributed by atoms with Crippen LogP contribution in [-0.2, 0) is 29.3 Å². The summed E-state index contributed by atoms with van der Waals surface area (Å²) in [7, 11) is 0. The molecule has 0 aromatic heterocycles. The summed E-state index contributed by atoms with van der Waals surface area (Å²) in [5.74, 6) is -2.33. The summed E-state index contributed by atoms with van der Waals surface area (Å²) in [6.07, 6.45) is 0.734. The Labute approximate surface area is 197 Å². The number of benzene rings is 1. The van der Waals surface area contributed by atoms with Gasteiger partial charge < -0.3 is 20.3 Å². The number of imide groups is 2. The van der Waals surface area contributed by atoms with E-state index in [1.165, 1.54) is 0 Å². The molecule has 0 bridgehead atoms. The molecule has 11 nitrogen and oxygen atoms in total. The Morgan fingerprint density at radius 1 is 1.24 bits per heavy atom. The summed E-state index contributed by atoms with van der Waals surface area (Å²) in [5.41, 5.74) is 4.05. The van der Waals surface area contributed by atoms with E-state index in [4.69, 9.17) is 20.3 Å². The standard InChI is InChI=1S/C20H27N3O6.C3H4O2/c1-3-5-11-28-13-15(29-18(21)26)12-23-17(25)20(4-2,16(24)22-19(23)27)14-9-7-6-8-10-14;1-2-3(4)5/h6-10,15H,3-5,11-13H2,1-2H3,(H2,21,26)(H,22,24,27);2H,1H2,(H,4,5). The molecule has 1 heterocycles. The fraction of sp³-hybridized carbons (Fsp3) is 0.435. The number of hydrogen-bond acceptors (Lipinski definition) is 7. The third-order valence-corrected chi connectivity index (χ3v) is 5.05. The lowest BCUT2D eigenvalue weighted by atomic mass is 9.74. The maximum absolute atomic E-state index is 13.3. The molecule has 0 radical (unpaired) electrons. The van der Waals surface area contributed by atoms with Gasteiger partial charge in [0.15, 0.2) is 5.41 Å². The van der Waals surface area contributed by atoms with Crippen molar-refractivity contribution in [3.8, 4) is 0 Å². The van der Waals surface area contributed by atoms with Crippen LogP contribution in [0.3, 0.4) is 0 Å². The van der Waals surface area contributed by atoms with Crippen LogP contribution >= 0.6 is 0 Å². The van der Waals surface area contributed by atoms with Crippen molar-refractivity contribution in [1.82, 2.24) is 10.2 Å². The highest BCUT2D eigenvalue weighted by molar-refractivity contribution is 6.22. The Hall–Kier alpha value is -3.73. The van der Waals surface area contributed by atoms with E-state index in [-0.39, 0.29) is 19.6 Å². The number of carbonyl (C=O) groups excluding carboxylic acids is 4. The van der Waals surface area contributed by atoms with Crippen LogP contribution in [0.25, 0.3) is 0 Å². The predicted octanol–water partition coefficient (Wildman–Crippen LogP) is 1.95. The zero-order valence-corrected chi connectivity index (χ0v) is 19.3. The minimum atomic E-state index is -1.55. The number of rotatable bonds is 11. The molecule has 4 N–H and O–H groups in total. The van der Waals surface area contributed by atoms with Crippen molar-refractivity contribution < 1.29 is 38.6 Å². The molecule has 0 saturated carbocycles. The highest BCUT2D eigenvalue weighted by atomic mass is 16.6. The number of primary amides is 1. The van der Waals surface area contributed by atoms with Gasteiger partial charge in [-0.2, -0.15) is 0 Å². The van der Waals surface area contributed by atoms with Crippen LogP contribution in [-0.4, -0.2) is 65.8 Å². The minimum absolute atomic E-state index is 0.0294. The molecule has 2 unspecified atom stereocenters. The van der Waals surface area contributed by atoms with E-state index < -0.39 is 41.4 Å². The van der Waals surface area contributed by atoms with Crippen LogP contribution in [0, 0.1) is 0 Å². The van der Waals surface area contributed by atoms with E-state index in [9.17, 15) is 24.0 Å². The number of urea groups is 1. The molecule has 0 aliphatic carbocycles. The second kappa shape index (κ2) is 13.7. The fourth-order valence-corrected chi connectivity index (χ4v) is 3.30. The molecule has 5 amide bonds. The first-order valence-corrected chi connectivity index (χ1v) is 10.8. The van der Waals surface area contributed by atoms with Crippen molar-refractivity contribution in [2.24, 2.45) is 5.73 Å². The Morgan fingerprint density at radius 3 is 2.35 bits per heavy atom. The van der Waals surface area contributed by atoms with Gasteiger partial charge in [-0.3, -0.25) is 19.8 Å². The van der Waals surface area contributed by atoms with Gasteiger partial charge in [0.25, 0.3) is 5.91 Å². The number of hydrogen-bond donors (Lipinski definition) is 3. The molecule has 1 saturated heterocycles. The largest absolute Gasteiger partial charge is 0.478 e. The summed E-state index contributed by atoms with van der Waals surface area (Å²) >= 11 is 0. The average Bonchev–Trinajstić information content (AvgIpc) is 2.80. The number of ether oxygens (including phenoxy) is 2. The second-order valence-corrected chi connectivity index (χ2v) is 7.33. The molecule has 2 atom stereocenters. The molecule has 186 valence electrons. The molecule has 1 aromatic rings. The van der Waals surface area contributed by atoms with Gasteiger partial charge in [-0.15, -0.1) is 0 Å². The summed E-state index contributed by atoms with van der Waals surface area (Å²) in [6.45, 7) is 6.80. The van der Waals surface area contributed by atoms with Crippen molar-refractivity contribution >= 4 is 29.9 Å². The predicted molar refractivity (Wildman–Crippen MR) is 122 cm³/mol. The first kappa shape index (κ1) is 28.3. The summed E-state index contributed by atoms with van der Waals surface area (Å²) < 4.78 is 10.5. The highest BCUT2D eigenvalue weighted by Gasteiger charge is 2.54. The Morgan fingerprint density at radius 2 is 1.85 bits per heavy atom. The van der Waals surface area contributed by atoms with Crippen molar-refractivity contribution in [3.05, 3.63) is 48.6 Å². The zero-order chi connectivity index (χ0) is 25.7. The quantitative estimate of drug-likeness (QED) is 0.247. The van der Waals surface area contributed by atoms with E-state index >= 15 is 0 Å². The molecule has 1 aliphatic heterocycles. The molecule has 34 heavy (non-hydrogen) atoms. The number of carbonyl (C=O) groups is 5. The van der Waals surface area contributed by atoms with Gasteiger partial charge in [-0.1, -0.05) is 57.2 Å². The van der Waals surface area contributed by atoms with Gasteiger partial charge in [-0.25, -0.2) is 14.4 Å². The lowest BCUT2D eigenvalue weighted by Gasteiger charge is -2.39. The zero-order valence-electron chi connectivity index (χ0n) is 19.3. The van der Waals surface area contributed by atoms with Crippen molar-refractivity contribution in [3.63, 3.8) is 0 Å². The number of nitrogens with one attached hydrogen (secondary N) is 1. The van der Waals surface area contributed by atoms with E-state index in [1.807, 2.05) is 6.92 Å². The Bertz CT molecular complexity index is 889. The number of amides is 5. The van der Waals surface area contributed by atoms with Crippen LogP contribution in [0.2, 0.25) is 0 Å². The number of nitrogens with zero attached hydrogens (tertiary/aromatic N) is 1. The van der Waals surface area contributed by atoms with Gasteiger partial charge in [0.1, 0.15) is 6.10 Å². The number of unbranched alkanes of at least 4 members (excludes halogenated alkanes) is 1. The Balaban J connectivity index is 0.00000104. The molecular formula is C23H31N3O8. The number of barbiturate groups is 1. The smallest absolute Gasteiger partial charge is 0.404 e. The topological polar surface area (TPSA) is 165 Å². The average molecular weight is 478 g/mol. The van der Waals surface area contributed by atoms with Crippen LogP contribution in [0.1, 0.15) is 38.7 Å².